The molecule has 0 aromatic heterocycles. The normalized spacial score (nSPS) is 21.9. The average molecular weight is 540 g/mol. The van der Waals surface area contributed by atoms with Gasteiger partial charge in [-0.25, -0.2) is 4.79 Å². The summed E-state index contributed by atoms with van der Waals surface area (Å²) >= 11 is 11.9. The van der Waals surface area contributed by atoms with Gasteiger partial charge in [-0.2, -0.15) is 0 Å². The van der Waals surface area contributed by atoms with Crippen molar-refractivity contribution in [1.82, 2.24) is 14.7 Å². The molecule has 1 N–H and O–H groups in total. The summed E-state index contributed by atoms with van der Waals surface area (Å²) in [6.45, 7) is 3.07. The van der Waals surface area contributed by atoms with Gasteiger partial charge in [0.1, 0.15) is 6.04 Å². The summed E-state index contributed by atoms with van der Waals surface area (Å²) in [7, 11) is 1.21. The SMILES string of the molecule is COC(=O)C(CC(=O)N1CC(C)CC(O)C1)N1CCN(C(=O)C=Cc2ccc(Cl)c(Cl)c2)CCC1=O. The largest absolute Gasteiger partial charge is 0.467 e. The van der Waals surface area contributed by atoms with Crippen molar-refractivity contribution >= 4 is 53.0 Å². The summed E-state index contributed by atoms with van der Waals surface area (Å²) in [5.41, 5.74) is 0.701. The highest BCUT2D eigenvalue weighted by Crippen LogP contribution is 2.23. The molecule has 2 heterocycles. The number of hydrogen-bond donors (Lipinski definition) is 1. The Labute approximate surface area is 220 Å². The Morgan fingerprint density at radius 2 is 1.89 bits per heavy atom. The number of rotatable bonds is 6. The van der Waals surface area contributed by atoms with E-state index in [1.165, 1.54) is 27.9 Å². The van der Waals surface area contributed by atoms with E-state index in [2.05, 4.69) is 0 Å². The number of amides is 3. The first kappa shape index (κ1) is 28.0. The topological polar surface area (TPSA) is 107 Å². The van der Waals surface area contributed by atoms with Crippen LogP contribution in [-0.4, -0.2) is 95.5 Å². The molecule has 1 aromatic carbocycles. The van der Waals surface area contributed by atoms with Gasteiger partial charge in [-0.05, 0) is 36.1 Å². The molecule has 2 aliphatic heterocycles. The van der Waals surface area contributed by atoms with Crippen molar-refractivity contribution in [1.29, 1.82) is 0 Å². The number of β-amino-alcohol motifs (C(OH)–C–C–N with tert-alkyl or cyclic N) is 1. The molecular formula is C25H31Cl2N3O6. The van der Waals surface area contributed by atoms with Crippen molar-refractivity contribution in [3.63, 3.8) is 0 Å². The monoisotopic (exact) mass is 539 g/mol. The van der Waals surface area contributed by atoms with Gasteiger partial charge in [0.25, 0.3) is 0 Å². The number of nitrogens with zero attached hydrogens (tertiary/aromatic N) is 3. The number of aliphatic hydroxyl groups is 1. The van der Waals surface area contributed by atoms with Crippen LogP contribution in [0.5, 0.6) is 0 Å². The van der Waals surface area contributed by atoms with E-state index in [9.17, 15) is 24.3 Å². The van der Waals surface area contributed by atoms with E-state index in [0.29, 0.717) is 28.6 Å². The number of carbonyl (C=O) groups is 4. The van der Waals surface area contributed by atoms with Crippen molar-refractivity contribution < 1.29 is 29.0 Å². The van der Waals surface area contributed by atoms with Crippen LogP contribution in [0.25, 0.3) is 6.08 Å². The molecule has 0 bridgehead atoms. The molecule has 2 aliphatic rings. The molecule has 9 nitrogen and oxygen atoms in total. The first-order valence-electron chi connectivity index (χ1n) is 11.8. The Hall–Kier alpha value is -2.62. The number of halogens is 2. The van der Waals surface area contributed by atoms with Crippen molar-refractivity contribution in [3.05, 3.63) is 39.9 Å². The fourth-order valence-electron chi connectivity index (χ4n) is 4.55. The predicted molar refractivity (Wildman–Crippen MR) is 135 cm³/mol. The maximum absolute atomic E-state index is 13.0. The molecule has 0 aliphatic carbocycles. The fourth-order valence-corrected chi connectivity index (χ4v) is 4.86. The fraction of sp³-hybridized carbons (Fsp3) is 0.520. The van der Waals surface area contributed by atoms with E-state index >= 15 is 0 Å². The Morgan fingerprint density at radius 1 is 1.14 bits per heavy atom. The standard InChI is InChI=1S/C25H31Cl2N3O6/c1-16-11-18(31)15-29(14-16)24(34)13-21(25(35)36-2)30-10-9-28(8-7-23(30)33)22(32)6-4-17-3-5-19(26)20(27)12-17/h3-6,12,16,18,21,31H,7-11,13-15H2,1-2H3. The lowest BCUT2D eigenvalue weighted by Gasteiger charge is -2.36. The Bertz CT molecular complexity index is 1020. The predicted octanol–water partition coefficient (Wildman–Crippen LogP) is 2.23. The molecule has 196 valence electrons. The number of benzene rings is 1. The van der Waals surface area contributed by atoms with Gasteiger partial charge < -0.3 is 24.5 Å². The van der Waals surface area contributed by atoms with Crippen molar-refractivity contribution in [3.8, 4) is 0 Å². The van der Waals surface area contributed by atoms with Crippen LogP contribution in [0.3, 0.4) is 0 Å². The number of piperidine rings is 1. The Balaban J connectivity index is 1.67. The van der Waals surface area contributed by atoms with E-state index in [1.54, 1.807) is 24.3 Å². The number of likely N-dealkylation sites (tertiary alicyclic amines) is 1. The zero-order valence-corrected chi connectivity index (χ0v) is 21.9. The van der Waals surface area contributed by atoms with E-state index in [4.69, 9.17) is 27.9 Å². The van der Waals surface area contributed by atoms with Crippen molar-refractivity contribution in [2.24, 2.45) is 5.92 Å². The minimum absolute atomic E-state index is 0.00744. The minimum atomic E-state index is -1.11. The van der Waals surface area contributed by atoms with Gasteiger partial charge in [-0.15, -0.1) is 0 Å². The Kier molecular flexibility index (Phi) is 9.76. The molecule has 0 spiro atoms. The third-order valence-electron chi connectivity index (χ3n) is 6.41. The zero-order valence-electron chi connectivity index (χ0n) is 20.4. The second kappa shape index (κ2) is 12.6. The van der Waals surface area contributed by atoms with Gasteiger partial charge in [0.2, 0.25) is 17.7 Å². The summed E-state index contributed by atoms with van der Waals surface area (Å²) in [6.07, 6.45) is 2.75. The molecule has 11 heteroatoms. The maximum Gasteiger partial charge on any atom is 0.329 e. The molecule has 36 heavy (non-hydrogen) atoms. The van der Waals surface area contributed by atoms with Gasteiger partial charge in [-0.3, -0.25) is 14.4 Å². The number of methoxy groups -OCH3 is 1. The summed E-state index contributed by atoms with van der Waals surface area (Å²) < 4.78 is 4.90. The molecule has 0 radical (unpaired) electrons. The molecule has 1 aromatic rings. The van der Waals surface area contributed by atoms with Crippen LogP contribution >= 0.6 is 23.2 Å². The first-order chi connectivity index (χ1) is 17.1. The Morgan fingerprint density at radius 3 is 2.56 bits per heavy atom. The minimum Gasteiger partial charge on any atom is -0.467 e. The number of carbonyl (C=O) groups excluding carboxylic acids is 4. The quantitative estimate of drug-likeness (QED) is 0.438. The molecule has 3 amide bonds. The van der Waals surface area contributed by atoms with Gasteiger partial charge in [0.15, 0.2) is 0 Å². The van der Waals surface area contributed by atoms with Crippen LogP contribution in [0.15, 0.2) is 24.3 Å². The highest BCUT2D eigenvalue weighted by molar-refractivity contribution is 6.42. The van der Waals surface area contributed by atoms with E-state index in [0.717, 1.165) is 0 Å². The number of esters is 1. The van der Waals surface area contributed by atoms with Crippen LogP contribution in [-0.2, 0) is 23.9 Å². The second-order valence-corrected chi connectivity index (χ2v) is 10.0. The molecule has 3 unspecified atom stereocenters. The number of ether oxygens (including phenoxy) is 1. The number of hydrogen-bond acceptors (Lipinski definition) is 6. The van der Waals surface area contributed by atoms with E-state index in [-0.39, 0.29) is 62.7 Å². The molecule has 0 saturated carbocycles. The van der Waals surface area contributed by atoms with E-state index in [1.807, 2.05) is 6.92 Å². The van der Waals surface area contributed by atoms with Gasteiger partial charge in [-0.1, -0.05) is 36.2 Å². The molecule has 3 atom stereocenters. The zero-order chi connectivity index (χ0) is 26.4. The smallest absolute Gasteiger partial charge is 0.329 e. The summed E-state index contributed by atoms with van der Waals surface area (Å²) in [4.78, 5) is 55.6. The maximum atomic E-state index is 13.0. The summed E-state index contributed by atoms with van der Waals surface area (Å²) in [6, 6.07) is 3.90. The van der Waals surface area contributed by atoms with Crippen LogP contribution in [0.2, 0.25) is 10.0 Å². The van der Waals surface area contributed by atoms with Crippen LogP contribution in [0.1, 0.15) is 31.7 Å². The molecule has 3 rings (SSSR count). The lowest BCUT2D eigenvalue weighted by molar-refractivity contribution is -0.156. The summed E-state index contributed by atoms with van der Waals surface area (Å²) in [5, 5.41) is 10.8. The highest BCUT2D eigenvalue weighted by atomic mass is 35.5. The van der Waals surface area contributed by atoms with Crippen LogP contribution < -0.4 is 0 Å². The lowest BCUT2D eigenvalue weighted by atomic mass is 9.97. The average Bonchev–Trinajstić information content (AvgIpc) is 3.03. The van der Waals surface area contributed by atoms with Gasteiger partial charge in [0, 0.05) is 45.2 Å². The third kappa shape index (κ3) is 7.21. The van der Waals surface area contributed by atoms with Gasteiger partial charge >= 0.3 is 5.97 Å². The number of aliphatic hydroxyl groups excluding tert-OH is 1. The molecule has 2 fully saturated rings. The van der Waals surface area contributed by atoms with Crippen molar-refractivity contribution in [2.75, 3.05) is 39.8 Å². The second-order valence-electron chi connectivity index (χ2n) is 9.21. The van der Waals surface area contributed by atoms with E-state index < -0.39 is 18.1 Å². The van der Waals surface area contributed by atoms with Crippen LogP contribution in [0.4, 0.5) is 0 Å². The first-order valence-corrected chi connectivity index (χ1v) is 12.6. The summed E-state index contributed by atoms with van der Waals surface area (Å²) in [5.74, 6) is -1.52. The van der Waals surface area contributed by atoms with Gasteiger partial charge in [0.05, 0.1) is 29.7 Å². The van der Waals surface area contributed by atoms with Crippen molar-refractivity contribution in [2.45, 2.75) is 38.3 Å². The molecular weight excluding hydrogens is 509 g/mol. The third-order valence-corrected chi connectivity index (χ3v) is 7.15. The lowest BCUT2D eigenvalue weighted by Crippen LogP contribution is -2.51. The highest BCUT2D eigenvalue weighted by Gasteiger charge is 2.37. The molecule has 2 saturated heterocycles. The van der Waals surface area contributed by atoms with Crippen LogP contribution in [0, 0.1) is 5.92 Å².